The number of carbonyl (C=O) groups is 1. The summed E-state index contributed by atoms with van der Waals surface area (Å²) in [7, 11) is -1.90. The van der Waals surface area contributed by atoms with Gasteiger partial charge in [-0.25, -0.2) is 4.79 Å². The predicted molar refractivity (Wildman–Crippen MR) is 78.7 cm³/mol. The average Bonchev–Trinajstić information content (AvgIpc) is 2.33. The lowest BCUT2D eigenvalue weighted by atomic mass is 10.4. The summed E-state index contributed by atoms with van der Waals surface area (Å²) in [5.74, 6) is -0.301. The van der Waals surface area contributed by atoms with Gasteiger partial charge in [0.25, 0.3) is 0 Å². The molecule has 0 aliphatic carbocycles. The molecule has 0 N–H and O–H groups in total. The van der Waals surface area contributed by atoms with Crippen molar-refractivity contribution in [2.75, 3.05) is 13.2 Å². The molecule has 0 saturated carbocycles. The smallest absolute Gasteiger partial charge is 0.333 e. The summed E-state index contributed by atoms with van der Waals surface area (Å²) < 4.78 is 16.5. The molecule has 0 fully saturated rings. The molecule has 1 atom stereocenters. The van der Waals surface area contributed by atoms with Crippen LogP contribution in [0.1, 0.15) is 33.6 Å². The second-order valence-corrected chi connectivity index (χ2v) is 8.39. The SMILES string of the molecule is C=C(C)C(=O)OCCC[SiH2]O[SiH](CCC)OCC. The van der Waals surface area contributed by atoms with Crippen molar-refractivity contribution in [2.24, 2.45) is 0 Å². The van der Waals surface area contributed by atoms with Gasteiger partial charge in [-0.05, 0) is 32.4 Å². The zero-order valence-electron chi connectivity index (χ0n) is 11.9. The number of ether oxygens (including phenoxy) is 1. The Bertz CT molecular complexity index is 240. The summed E-state index contributed by atoms with van der Waals surface area (Å²) in [6.45, 7) is 10.6. The fraction of sp³-hybridized carbons (Fsp3) is 0.750. The van der Waals surface area contributed by atoms with Gasteiger partial charge in [0.2, 0.25) is 0 Å². The van der Waals surface area contributed by atoms with Crippen molar-refractivity contribution in [3.05, 3.63) is 12.2 Å². The quantitative estimate of drug-likeness (QED) is 0.251. The highest BCUT2D eigenvalue weighted by molar-refractivity contribution is 6.53. The highest BCUT2D eigenvalue weighted by Crippen LogP contribution is 2.02. The lowest BCUT2D eigenvalue weighted by Gasteiger charge is -2.15. The van der Waals surface area contributed by atoms with Crippen LogP contribution >= 0.6 is 0 Å². The molecule has 0 bridgehead atoms. The van der Waals surface area contributed by atoms with E-state index in [9.17, 15) is 4.79 Å². The van der Waals surface area contributed by atoms with E-state index in [4.69, 9.17) is 13.3 Å². The molecule has 4 nitrogen and oxygen atoms in total. The molecule has 0 aliphatic rings. The monoisotopic (exact) mass is 290 g/mol. The van der Waals surface area contributed by atoms with Crippen LogP contribution in [0.4, 0.5) is 0 Å². The third-order valence-electron chi connectivity index (χ3n) is 2.30. The Hall–Kier alpha value is -0.436. The van der Waals surface area contributed by atoms with Gasteiger partial charge in [-0.3, -0.25) is 0 Å². The van der Waals surface area contributed by atoms with E-state index in [1.807, 2.05) is 6.92 Å². The maximum atomic E-state index is 11.1. The van der Waals surface area contributed by atoms with Crippen molar-refractivity contribution in [1.29, 1.82) is 0 Å². The molecular formula is C12H26O4Si2. The van der Waals surface area contributed by atoms with Crippen LogP contribution in [-0.4, -0.2) is 38.2 Å². The molecular weight excluding hydrogens is 264 g/mol. The second-order valence-electron chi connectivity index (χ2n) is 4.17. The minimum Gasteiger partial charge on any atom is -0.462 e. The first kappa shape index (κ1) is 17.6. The molecule has 0 aromatic heterocycles. The van der Waals surface area contributed by atoms with Crippen molar-refractivity contribution in [1.82, 2.24) is 0 Å². The first-order chi connectivity index (χ1) is 8.61. The Morgan fingerprint density at radius 3 is 2.67 bits per heavy atom. The molecule has 0 spiro atoms. The highest BCUT2D eigenvalue weighted by Gasteiger charge is 2.10. The molecule has 0 saturated heterocycles. The van der Waals surface area contributed by atoms with Gasteiger partial charge < -0.3 is 13.3 Å². The molecule has 0 aromatic rings. The van der Waals surface area contributed by atoms with Crippen LogP contribution < -0.4 is 0 Å². The fourth-order valence-electron chi connectivity index (χ4n) is 1.34. The van der Waals surface area contributed by atoms with E-state index in [0.717, 1.165) is 31.5 Å². The van der Waals surface area contributed by atoms with E-state index in [2.05, 4.69) is 13.5 Å². The normalized spacial score (nSPS) is 12.8. The Morgan fingerprint density at radius 1 is 1.39 bits per heavy atom. The van der Waals surface area contributed by atoms with Crippen molar-refractivity contribution in [3.8, 4) is 0 Å². The van der Waals surface area contributed by atoms with E-state index < -0.39 is 19.0 Å². The summed E-state index contributed by atoms with van der Waals surface area (Å²) >= 11 is 0. The molecule has 0 radical (unpaired) electrons. The highest BCUT2D eigenvalue weighted by atomic mass is 28.4. The van der Waals surface area contributed by atoms with E-state index in [-0.39, 0.29) is 5.97 Å². The van der Waals surface area contributed by atoms with E-state index in [1.54, 1.807) is 6.92 Å². The lowest BCUT2D eigenvalue weighted by molar-refractivity contribution is -0.138. The van der Waals surface area contributed by atoms with Gasteiger partial charge in [-0.1, -0.05) is 19.9 Å². The fourth-order valence-corrected chi connectivity index (χ4v) is 5.53. The summed E-state index contributed by atoms with van der Waals surface area (Å²) in [4.78, 5) is 11.1. The van der Waals surface area contributed by atoms with Crippen LogP contribution in [0.2, 0.25) is 12.1 Å². The van der Waals surface area contributed by atoms with Crippen molar-refractivity contribution in [2.45, 2.75) is 45.7 Å². The van der Waals surface area contributed by atoms with Crippen molar-refractivity contribution >= 4 is 25.0 Å². The third kappa shape index (κ3) is 9.58. The molecule has 0 aromatic carbocycles. The number of esters is 1. The molecule has 1 unspecified atom stereocenters. The largest absolute Gasteiger partial charge is 0.462 e. The first-order valence-corrected chi connectivity index (χ1v) is 10.0. The molecule has 0 aliphatic heterocycles. The zero-order chi connectivity index (χ0) is 13.8. The van der Waals surface area contributed by atoms with E-state index >= 15 is 0 Å². The van der Waals surface area contributed by atoms with Gasteiger partial charge in [0.15, 0.2) is 0 Å². The molecule has 6 heteroatoms. The van der Waals surface area contributed by atoms with Crippen molar-refractivity contribution < 1.29 is 18.1 Å². The topological polar surface area (TPSA) is 44.8 Å². The molecule has 0 heterocycles. The summed E-state index contributed by atoms with van der Waals surface area (Å²) in [6, 6.07) is 2.12. The van der Waals surface area contributed by atoms with Crippen LogP contribution in [-0.2, 0) is 18.1 Å². The van der Waals surface area contributed by atoms with Gasteiger partial charge in [0.05, 0.1) is 6.61 Å². The van der Waals surface area contributed by atoms with Crippen LogP contribution in [0.3, 0.4) is 0 Å². The van der Waals surface area contributed by atoms with Gasteiger partial charge in [-0.15, -0.1) is 0 Å². The Balaban J connectivity index is 3.48. The molecule has 0 rings (SSSR count). The number of carbonyl (C=O) groups excluding carboxylic acids is 1. The Kier molecular flexibility index (Phi) is 11.4. The second kappa shape index (κ2) is 11.6. The zero-order valence-corrected chi connectivity index (χ0v) is 14.4. The first-order valence-electron chi connectivity index (χ1n) is 6.67. The minimum absolute atomic E-state index is 0.301. The number of rotatable bonds is 11. The number of hydrogen-bond donors (Lipinski definition) is 0. The van der Waals surface area contributed by atoms with Crippen molar-refractivity contribution in [3.63, 3.8) is 0 Å². The average molecular weight is 291 g/mol. The van der Waals surface area contributed by atoms with Crippen LogP contribution in [0.5, 0.6) is 0 Å². The number of hydrogen-bond acceptors (Lipinski definition) is 4. The van der Waals surface area contributed by atoms with Gasteiger partial charge in [0, 0.05) is 12.2 Å². The van der Waals surface area contributed by atoms with Gasteiger partial charge >= 0.3 is 15.3 Å². The van der Waals surface area contributed by atoms with Gasteiger partial charge in [0.1, 0.15) is 9.76 Å². The lowest BCUT2D eigenvalue weighted by Crippen LogP contribution is -2.24. The maximum Gasteiger partial charge on any atom is 0.333 e. The molecule has 18 heavy (non-hydrogen) atoms. The molecule has 106 valence electrons. The Labute approximate surface area is 114 Å². The Morgan fingerprint density at radius 2 is 2.11 bits per heavy atom. The van der Waals surface area contributed by atoms with Crippen LogP contribution in [0.15, 0.2) is 12.2 Å². The summed E-state index contributed by atoms with van der Waals surface area (Å²) in [5, 5.41) is 0. The van der Waals surface area contributed by atoms with E-state index in [1.165, 1.54) is 0 Å². The standard InChI is InChI=1S/C12H26O4Si2/c1-5-10-18(15-6-2)16-17-9-7-8-14-12(13)11(3)4/h18H,3,5-10,17H2,1-2,4H3. The van der Waals surface area contributed by atoms with Gasteiger partial charge in [-0.2, -0.15) is 0 Å². The third-order valence-corrected chi connectivity index (χ3v) is 7.27. The van der Waals surface area contributed by atoms with E-state index in [0.29, 0.717) is 12.2 Å². The maximum absolute atomic E-state index is 11.1. The predicted octanol–water partition coefficient (Wildman–Crippen LogP) is 1.68. The minimum atomic E-state index is -1.38. The summed E-state index contributed by atoms with van der Waals surface area (Å²) in [5.41, 5.74) is 0.454. The van der Waals surface area contributed by atoms with Crippen LogP contribution in [0.25, 0.3) is 0 Å². The summed E-state index contributed by atoms with van der Waals surface area (Å²) in [6.07, 6.45) is 2.01. The van der Waals surface area contributed by atoms with Crippen LogP contribution in [0, 0.1) is 0 Å². The molecule has 0 amide bonds.